The number of benzene rings is 2. The number of nitro benzene ring substituents is 1. The molecule has 112 valence electrons. The van der Waals surface area contributed by atoms with Crippen molar-refractivity contribution in [3.63, 3.8) is 0 Å². The van der Waals surface area contributed by atoms with Gasteiger partial charge in [-0.25, -0.2) is 0 Å². The Hall–Kier alpha value is -1.95. The fourth-order valence-electron chi connectivity index (χ4n) is 1.40. The summed E-state index contributed by atoms with van der Waals surface area (Å²) in [7, 11) is 0. The highest BCUT2D eigenvalue weighted by Crippen LogP contribution is 2.44. The van der Waals surface area contributed by atoms with Crippen molar-refractivity contribution in [2.45, 2.75) is 7.43 Å². The number of hydrogen-bond acceptors (Lipinski definition) is 5. The van der Waals surface area contributed by atoms with Crippen molar-refractivity contribution in [1.29, 1.82) is 0 Å². The van der Waals surface area contributed by atoms with Gasteiger partial charge in [-0.05, 0) is 24.3 Å². The summed E-state index contributed by atoms with van der Waals surface area (Å²) in [5, 5.41) is 10.5. The Morgan fingerprint density at radius 1 is 1.00 bits per heavy atom. The van der Waals surface area contributed by atoms with Crippen molar-refractivity contribution in [3.05, 3.63) is 64.7 Å². The van der Waals surface area contributed by atoms with E-state index in [0.29, 0.717) is 5.75 Å². The first kappa shape index (κ1) is 17.1. The number of non-ortho nitro benzene ring substituents is 1. The van der Waals surface area contributed by atoms with Crippen LogP contribution in [0.4, 0.5) is 5.69 Å². The van der Waals surface area contributed by atoms with E-state index in [-0.39, 0.29) is 18.9 Å². The average molecular weight is 327 g/mol. The summed E-state index contributed by atoms with van der Waals surface area (Å²) < 4.78 is 10.4. The summed E-state index contributed by atoms with van der Waals surface area (Å²) >= 11 is 4.88. The van der Waals surface area contributed by atoms with E-state index in [9.17, 15) is 15.0 Å². The van der Waals surface area contributed by atoms with E-state index in [2.05, 4.69) is 0 Å². The van der Waals surface area contributed by atoms with Gasteiger partial charge in [0.15, 0.2) is 0 Å². The third-order valence-corrected chi connectivity index (χ3v) is 3.56. The maximum absolute atomic E-state index is 10.5. The summed E-state index contributed by atoms with van der Waals surface area (Å²) in [4.78, 5) is 19.9. The van der Waals surface area contributed by atoms with Gasteiger partial charge in [0.25, 0.3) is 5.69 Å². The Balaban J connectivity index is 0.00000220. The lowest BCUT2D eigenvalue weighted by Gasteiger charge is -2.17. The molecule has 0 spiro atoms. The maximum atomic E-state index is 10.5. The fraction of sp³-hybridized carbons (Fsp3) is 0.0769. The van der Waals surface area contributed by atoms with Crippen LogP contribution in [-0.2, 0) is 11.8 Å². The van der Waals surface area contributed by atoms with Crippen molar-refractivity contribution in [3.8, 4) is 11.5 Å². The van der Waals surface area contributed by atoms with Gasteiger partial charge < -0.3 is 13.9 Å². The van der Waals surface area contributed by atoms with Gasteiger partial charge in [0.05, 0.1) is 4.92 Å². The molecule has 8 heteroatoms. The molecule has 2 aromatic rings. The van der Waals surface area contributed by atoms with Crippen molar-refractivity contribution >= 4 is 24.2 Å². The molecule has 0 saturated carbocycles. The molecule has 0 aromatic heterocycles. The van der Waals surface area contributed by atoms with Gasteiger partial charge in [-0.15, -0.1) is 0 Å². The third kappa shape index (κ3) is 5.15. The van der Waals surface area contributed by atoms with Crippen LogP contribution in [0.1, 0.15) is 7.43 Å². The number of nitro groups is 1. The van der Waals surface area contributed by atoms with Crippen LogP contribution in [-0.4, -0.2) is 9.82 Å². The molecule has 0 fully saturated rings. The molecule has 0 radical (unpaired) electrons. The minimum Gasteiger partial charge on any atom is -0.416 e. The highest BCUT2D eigenvalue weighted by molar-refractivity contribution is 8.07. The van der Waals surface area contributed by atoms with Crippen molar-refractivity contribution in [1.82, 2.24) is 0 Å². The zero-order chi connectivity index (χ0) is 14.6. The van der Waals surface area contributed by atoms with Gasteiger partial charge in [-0.2, -0.15) is 0 Å². The molecule has 1 N–H and O–H groups in total. The number of nitrogens with zero attached hydrogens (tertiary/aromatic N) is 1. The minimum absolute atomic E-state index is 0. The number of hydrogen-bond donors (Lipinski definition) is 1. The van der Waals surface area contributed by atoms with E-state index in [0.717, 1.165) is 0 Å². The topological polar surface area (TPSA) is 81.8 Å². The van der Waals surface area contributed by atoms with E-state index >= 15 is 0 Å². The Kier molecular flexibility index (Phi) is 5.84. The molecule has 0 saturated heterocycles. The molecule has 2 aromatic carbocycles. The second-order valence-electron chi connectivity index (χ2n) is 3.72. The molecule has 6 nitrogen and oxygen atoms in total. The molecular formula is C13H14NO5PS. The molecule has 1 atom stereocenters. The molecular weight excluding hydrogens is 313 g/mol. The second kappa shape index (κ2) is 7.17. The molecule has 21 heavy (non-hydrogen) atoms. The van der Waals surface area contributed by atoms with Gasteiger partial charge >= 0.3 is 6.72 Å². The van der Waals surface area contributed by atoms with Crippen LogP contribution >= 0.6 is 6.72 Å². The van der Waals surface area contributed by atoms with Crippen LogP contribution in [0.3, 0.4) is 0 Å². The van der Waals surface area contributed by atoms with E-state index in [1.807, 2.05) is 0 Å². The lowest BCUT2D eigenvalue weighted by atomic mass is 10.3. The van der Waals surface area contributed by atoms with Gasteiger partial charge in [-0.3, -0.25) is 10.1 Å². The van der Waals surface area contributed by atoms with E-state index in [4.69, 9.17) is 20.9 Å². The summed E-state index contributed by atoms with van der Waals surface area (Å²) in [5.74, 6) is 0.595. The molecule has 0 bridgehead atoms. The molecule has 0 amide bonds. The van der Waals surface area contributed by atoms with Crippen LogP contribution in [0, 0.1) is 10.1 Å². The van der Waals surface area contributed by atoms with Gasteiger partial charge in [0.1, 0.15) is 11.5 Å². The van der Waals surface area contributed by atoms with E-state index < -0.39 is 11.6 Å². The van der Waals surface area contributed by atoms with Crippen LogP contribution in [0.5, 0.6) is 11.5 Å². The van der Waals surface area contributed by atoms with E-state index in [1.54, 1.807) is 30.3 Å². The second-order valence-corrected chi connectivity index (χ2v) is 6.40. The molecule has 1 unspecified atom stereocenters. The van der Waals surface area contributed by atoms with Crippen LogP contribution < -0.4 is 9.05 Å². The minimum atomic E-state index is -3.51. The zero-order valence-corrected chi connectivity index (χ0v) is 11.8. The molecule has 2 rings (SSSR count). The average Bonchev–Trinajstić information content (AvgIpc) is 2.39. The van der Waals surface area contributed by atoms with Crippen LogP contribution in [0.15, 0.2) is 54.6 Å². The predicted molar refractivity (Wildman–Crippen MR) is 84.0 cm³/mol. The first-order chi connectivity index (χ1) is 9.46. The predicted octanol–water partition coefficient (Wildman–Crippen LogP) is 3.91. The van der Waals surface area contributed by atoms with Crippen LogP contribution in [0.2, 0.25) is 0 Å². The standard InChI is InChI=1S/C12H10NO5PS.CH4/c14-13(15)10-6-8-12(9-7-10)18-19(16,20)17-11-4-2-1-3-5-11;/h1-9H,(H,16,20);1H4. The summed E-state index contributed by atoms with van der Waals surface area (Å²) in [6.45, 7) is -3.51. The van der Waals surface area contributed by atoms with Gasteiger partial charge in [-0.1, -0.05) is 25.6 Å². The summed E-state index contributed by atoms with van der Waals surface area (Å²) in [6, 6.07) is 13.7. The van der Waals surface area contributed by atoms with Crippen LogP contribution in [0.25, 0.3) is 0 Å². The third-order valence-electron chi connectivity index (χ3n) is 2.23. The highest BCUT2D eigenvalue weighted by Gasteiger charge is 2.19. The Morgan fingerprint density at radius 2 is 1.48 bits per heavy atom. The Bertz CT molecular complexity index is 647. The Morgan fingerprint density at radius 3 is 1.95 bits per heavy atom. The quantitative estimate of drug-likeness (QED) is 0.509. The van der Waals surface area contributed by atoms with Crippen molar-refractivity contribution in [2.24, 2.45) is 0 Å². The fourth-order valence-corrected chi connectivity index (χ4v) is 2.73. The largest absolute Gasteiger partial charge is 0.432 e. The summed E-state index contributed by atoms with van der Waals surface area (Å²) in [6.07, 6.45) is 0. The molecule has 0 aliphatic rings. The van der Waals surface area contributed by atoms with Crippen molar-refractivity contribution < 1.29 is 18.9 Å². The zero-order valence-electron chi connectivity index (χ0n) is 10.1. The first-order valence-corrected chi connectivity index (χ1v) is 8.07. The van der Waals surface area contributed by atoms with Crippen molar-refractivity contribution in [2.75, 3.05) is 0 Å². The Labute approximate surface area is 127 Å². The molecule has 0 aliphatic heterocycles. The maximum Gasteiger partial charge on any atom is 0.432 e. The lowest BCUT2D eigenvalue weighted by molar-refractivity contribution is -0.384. The monoisotopic (exact) mass is 327 g/mol. The first-order valence-electron chi connectivity index (χ1n) is 5.48. The van der Waals surface area contributed by atoms with E-state index in [1.165, 1.54) is 24.3 Å². The number of rotatable bonds is 5. The summed E-state index contributed by atoms with van der Waals surface area (Å²) in [5.41, 5.74) is -0.0763. The number of para-hydroxylation sites is 1. The normalized spacial score (nSPS) is 12.6. The highest BCUT2D eigenvalue weighted by atomic mass is 32.5. The SMILES string of the molecule is C.O=[N+]([O-])c1ccc(OP(O)(=S)Oc2ccccc2)cc1. The van der Waals surface area contributed by atoms with Gasteiger partial charge in [0.2, 0.25) is 0 Å². The molecule has 0 aliphatic carbocycles. The smallest absolute Gasteiger partial charge is 0.416 e. The molecule has 0 heterocycles. The lowest BCUT2D eigenvalue weighted by Crippen LogP contribution is -1.99. The van der Waals surface area contributed by atoms with Gasteiger partial charge in [0, 0.05) is 23.9 Å².